The van der Waals surface area contributed by atoms with Gasteiger partial charge in [0.15, 0.2) is 0 Å². The molecule has 1 saturated heterocycles. The molecule has 2 aromatic rings. The van der Waals surface area contributed by atoms with Crippen molar-refractivity contribution >= 4 is 5.91 Å². The van der Waals surface area contributed by atoms with Gasteiger partial charge in [-0.1, -0.05) is 12.1 Å². The number of carbonyl (C=O) groups excluding carboxylic acids is 1. The van der Waals surface area contributed by atoms with E-state index in [1.807, 2.05) is 32.0 Å². The molecule has 0 spiro atoms. The summed E-state index contributed by atoms with van der Waals surface area (Å²) in [5.74, 6) is 0.658. The van der Waals surface area contributed by atoms with Crippen molar-refractivity contribution in [2.24, 2.45) is 7.05 Å². The minimum Gasteiger partial charge on any atom is -0.491 e. The van der Waals surface area contributed by atoms with E-state index in [0.717, 1.165) is 42.0 Å². The molecule has 3 rings (SSSR count). The van der Waals surface area contributed by atoms with Gasteiger partial charge in [0.05, 0.1) is 11.8 Å². The van der Waals surface area contributed by atoms with Gasteiger partial charge in [0.25, 0.3) is 5.91 Å². The number of amides is 1. The molecule has 0 saturated carbocycles. The van der Waals surface area contributed by atoms with Gasteiger partial charge < -0.3 is 14.8 Å². The number of nitrogens with zero attached hydrogens (tertiary/aromatic N) is 2. The smallest absolute Gasteiger partial charge is 0.269 e. The molecule has 1 aliphatic heterocycles. The van der Waals surface area contributed by atoms with E-state index in [4.69, 9.17) is 9.47 Å². The highest BCUT2D eigenvalue weighted by molar-refractivity contribution is 5.92. The number of hydrogen-bond acceptors (Lipinski definition) is 4. The van der Waals surface area contributed by atoms with Crippen molar-refractivity contribution in [2.45, 2.75) is 39.3 Å². The lowest BCUT2D eigenvalue weighted by Gasteiger charge is -2.16. The first-order chi connectivity index (χ1) is 12.0. The number of benzene rings is 1. The summed E-state index contributed by atoms with van der Waals surface area (Å²) in [5.41, 5.74) is 3.45. The topological polar surface area (TPSA) is 65.4 Å². The summed E-state index contributed by atoms with van der Waals surface area (Å²) >= 11 is 0. The third-order valence-electron chi connectivity index (χ3n) is 4.35. The van der Waals surface area contributed by atoms with Crippen LogP contribution in [-0.4, -0.2) is 35.0 Å². The monoisotopic (exact) mass is 343 g/mol. The lowest BCUT2D eigenvalue weighted by molar-refractivity contribution is 0.0675. The lowest BCUT2D eigenvalue weighted by atomic mass is 10.1. The standard InChI is InChI=1S/C19H25N3O3/c1-13-6-7-15(18(9-13)25-12-16-5-4-8-24-16)11-20-19(23)17-10-14(2)21-22(17)3/h6-7,9-10,16H,4-5,8,11-12H2,1-3H3,(H,20,23)/t16-/m0/s1. The summed E-state index contributed by atoms with van der Waals surface area (Å²) in [6.45, 7) is 5.66. The van der Waals surface area contributed by atoms with Crippen molar-refractivity contribution < 1.29 is 14.3 Å². The van der Waals surface area contributed by atoms with Crippen LogP contribution in [0.15, 0.2) is 24.3 Å². The first kappa shape index (κ1) is 17.5. The van der Waals surface area contributed by atoms with Crippen molar-refractivity contribution in [1.29, 1.82) is 0 Å². The number of hydrogen-bond donors (Lipinski definition) is 1. The highest BCUT2D eigenvalue weighted by Gasteiger charge is 2.17. The zero-order valence-electron chi connectivity index (χ0n) is 15.0. The summed E-state index contributed by atoms with van der Waals surface area (Å²) in [7, 11) is 1.77. The molecule has 1 amide bonds. The average Bonchev–Trinajstić information content (AvgIpc) is 3.21. The lowest BCUT2D eigenvalue weighted by Crippen LogP contribution is -2.25. The maximum atomic E-state index is 12.4. The minimum absolute atomic E-state index is 0.145. The third-order valence-corrected chi connectivity index (χ3v) is 4.35. The van der Waals surface area contributed by atoms with E-state index in [2.05, 4.69) is 10.4 Å². The molecule has 6 heteroatoms. The normalized spacial score (nSPS) is 16.8. The maximum Gasteiger partial charge on any atom is 0.269 e. The second kappa shape index (κ2) is 7.70. The van der Waals surface area contributed by atoms with Crippen LogP contribution < -0.4 is 10.1 Å². The van der Waals surface area contributed by atoms with E-state index in [9.17, 15) is 4.79 Å². The fourth-order valence-corrected chi connectivity index (χ4v) is 2.99. The molecule has 0 radical (unpaired) electrons. The van der Waals surface area contributed by atoms with Gasteiger partial charge in [-0.05, 0) is 44.4 Å². The molecule has 6 nitrogen and oxygen atoms in total. The van der Waals surface area contributed by atoms with E-state index in [0.29, 0.717) is 18.8 Å². The Morgan fingerprint density at radius 2 is 2.24 bits per heavy atom. The highest BCUT2D eigenvalue weighted by Crippen LogP contribution is 2.22. The molecule has 0 aliphatic carbocycles. The number of nitrogens with one attached hydrogen (secondary N) is 1. The molecular weight excluding hydrogens is 318 g/mol. The molecule has 0 unspecified atom stereocenters. The van der Waals surface area contributed by atoms with Gasteiger partial charge in [-0.3, -0.25) is 9.48 Å². The second-order valence-electron chi connectivity index (χ2n) is 6.53. The Hall–Kier alpha value is -2.34. The molecule has 25 heavy (non-hydrogen) atoms. The Kier molecular flexibility index (Phi) is 5.38. The van der Waals surface area contributed by atoms with E-state index in [1.54, 1.807) is 17.8 Å². The maximum absolute atomic E-state index is 12.4. The average molecular weight is 343 g/mol. The van der Waals surface area contributed by atoms with Crippen LogP contribution in [0.25, 0.3) is 0 Å². The summed E-state index contributed by atoms with van der Waals surface area (Å²) in [4.78, 5) is 12.4. The van der Waals surface area contributed by atoms with Crippen molar-refractivity contribution in [1.82, 2.24) is 15.1 Å². The quantitative estimate of drug-likeness (QED) is 0.875. The summed E-state index contributed by atoms with van der Waals surface area (Å²) in [6, 6.07) is 7.80. The Morgan fingerprint density at radius 3 is 2.92 bits per heavy atom. The van der Waals surface area contributed by atoms with Crippen LogP contribution >= 0.6 is 0 Å². The van der Waals surface area contributed by atoms with Crippen molar-refractivity contribution in [3.8, 4) is 5.75 Å². The Balaban J connectivity index is 1.64. The SMILES string of the molecule is Cc1ccc(CNC(=O)c2cc(C)nn2C)c(OC[C@@H]2CCCO2)c1. The number of rotatable bonds is 6. The number of aromatic nitrogens is 2. The fourth-order valence-electron chi connectivity index (χ4n) is 2.99. The van der Waals surface area contributed by atoms with Crippen LogP contribution in [0, 0.1) is 13.8 Å². The molecule has 1 aliphatic rings. The molecule has 134 valence electrons. The number of ether oxygens (including phenoxy) is 2. The predicted octanol–water partition coefficient (Wildman–Crippen LogP) is 2.52. The molecule has 1 N–H and O–H groups in total. The van der Waals surface area contributed by atoms with Gasteiger partial charge in [0.1, 0.15) is 18.1 Å². The zero-order valence-corrected chi connectivity index (χ0v) is 15.0. The van der Waals surface area contributed by atoms with Gasteiger partial charge in [0.2, 0.25) is 0 Å². The molecule has 1 aromatic carbocycles. The first-order valence-electron chi connectivity index (χ1n) is 8.65. The van der Waals surface area contributed by atoms with E-state index in [1.165, 1.54) is 0 Å². The fraction of sp³-hybridized carbons (Fsp3) is 0.474. The molecule has 2 heterocycles. The van der Waals surface area contributed by atoms with E-state index < -0.39 is 0 Å². The highest BCUT2D eigenvalue weighted by atomic mass is 16.5. The van der Waals surface area contributed by atoms with E-state index >= 15 is 0 Å². The second-order valence-corrected chi connectivity index (χ2v) is 6.53. The van der Waals surface area contributed by atoms with Crippen LogP contribution in [0.3, 0.4) is 0 Å². The largest absolute Gasteiger partial charge is 0.491 e. The van der Waals surface area contributed by atoms with Crippen LogP contribution in [-0.2, 0) is 18.3 Å². The molecule has 1 fully saturated rings. The van der Waals surface area contributed by atoms with Crippen molar-refractivity contribution in [3.05, 3.63) is 46.8 Å². The Bertz CT molecular complexity index is 748. The van der Waals surface area contributed by atoms with Gasteiger partial charge in [0, 0.05) is 25.8 Å². The summed E-state index contributed by atoms with van der Waals surface area (Å²) < 4.78 is 13.2. The summed E-state index contributed by atoms with van der Waals surface area (Å²) in [6.07, 6.45) is 2.30. The molecule has 0 bridgehead atoms. The number of aryl methyl sites for hydroxylation is 3. The van der Waals surface area contributed by atoms with Gasteiger partial charge in [-0.15, -0.1) is 0 Å². The minimum atomic E-state index is -0.145. The van der Waals surface area contributed by atoms with Crippen molar-refractivity contribution in [3.63, 3.8) is 0 Å². The van der Waals surface area contributed by atoms with Crippen molar-refractivity contribution in [2.75, 3.05) is 13.2 Å². The van der Waals surface area contributed by atoms with Crippen LogP contribution in [0.4, 0.5) is 0 Å². The van der Waals surface area contributed by atoms with Gasteiger partial charge in [-0.2, -0.15) is 5.10 Å². The van der Waals surface area contributed by atoms with Gasteiger partial charge in [-0.25, -0.2) is 0 Å². The van der Waals surface area contributed by atoms with Crippen LogP contribution in [0.5, 0.6) is 5.75 Å². The Morgan fingerprint density at radius 1 is 1.40 bits per heavy atom. The zero-order chi connectivity index (χ0) is 17.8. The number of carbonyl (C=O) groups is 1. The third kappa shape index (κ3) is 4.39. The Labute approximate surface area is 148 Å². The summed E-state index contributed by atoms with van der Waals surface area (Å²) in [5, 5.41) is 7.15. The predicted molar refractivity (Wildman–Crippen MR) is 94.8 cm³/mol. The molecule has 1 atom stereocenters. The first-order valence-corrected chi connectivity index (χ1v) is 8.65. The van der Waals surface area contributed by atoms with Gasteiger partial charge >= 0.3 is 0 Å². The van der Waals surface area contributed by atoms with Crippen LogP contribution in [0.1, 0.15) is 40.2 Å². The van der Waals surface area contributed by atoms with Crippen LogP contribution in [0.2, 0.25) is 0 Å². The molecule has 1 aromatic heterocycles. The molecular formula is C19H25N3O3. The van der Waals surface area contributed by atoms with E-state index in [-0.39, 0.29) is 12.0 Å².